The van der Waals surface area contributed by atoms with Gasteiger partial charge in [-0.05, 0) is 38.2 Å². The van der Waals surface area contributed by atoms with Crippen LogP contribution in [-0.2, 0) is 4.79 Å². The van der Waals surface area contributed by atoms with Crippen LogP contribution in [0.5, 0.6) is 0 Å². The van der Waals surface area contributed by atoms with Gasteiger partial charge in [0.2, 0.25) is 0 Å². The zero-order valence-electron chi connectivity index (χ0n) is 8.26. The molecule has 1 atom stereocenters. The van der Waals surface area contributed by atoms with Gasteiger partial charge in [0.1, 0.15) is 6.29 Å². The van der Waals surface area contributed by atoms with Crippen LogP contribution in [0.2, 0.25) is 0 Å². The van der Waals surface area contributed by atoms with E-state index in [-0.39, 0.29) is 0 Å². The van der Waals surface area contributed by atoms with Crippen molar-refractivity contribution in [3.05, 3.63) is 23.8 Å². The first-order chi connectivity index (χ1) is 5.56. The molecule has 1 unspecified atom stereocenters. The average molecular weight is 166 g/mol. The van der Waals surface area contributed by atoms with Crippen molar-refractivity contribution >= 4 is 6.29 Å². The van der Waals surface area contributed by atoms with Crippen LogP contribution in [0, 0.1) is 5.92 Å². The first kappa shape index (κ1) is 11.2. The molecule has 0 bridgehead atoms. The maximum absolute atomic E-state index is 10.2. The molecule has 0 saturated heterocycles. The Morgan fingerprint density at radius 3 is 2.50 bits per heavy atom. The summed E-state index contributed by atoms with van der Waals surface area (Å²) in [6.45, 7) is 9.97. The van der Waals surface area contributed by atoms with E-state index in [2.05, 4.69) is 33.4 Å². The lowest BCUT2D eigenvalue weighted by molar-refractivity contribution is -0.105. The quantitative estimate of drug-likeness (QED) is 0.348. The zero-order chi connectivity index (χ0) is 9.56. The Labute approximate surface area is 75.2 Å². The summed E-state index contributed by atoms with van der Waals surface area (Å²) >= 11 is 0. The van der Waals surface area contributed by atoms with Crippen molar-refractivity contribution in [2.45, 2.75) is 33.6 Å². The molecule has 12 heavy (non-hydrogen) atoms. The second-order valence-corrected chi connectivity index (χ2v) is 3.54. The van der Waals surface area contributed by atoms with Crippen molar-refractivity contribution < 1.29 is 4.79 Å². The van der Waals surface area contributed by atoms with Gasteiger partial charge >= 0.3 is 0 Å². The zero-order valence-corrected chi connectivity index (χ0v) is 8.26. The van der Waals surface area contributed by atoms with Gasteiger partial charge in [-0.1, -0.05) is 25.2 Å². The van der Waals surface area contributed by atoms with Gasteiger partial charge in [0.15, 0.2) is 0 Å². The molecule has 68 valence electrons. The molecule has 0 aliphatic rings. The Balaban J connectivity index is 3.71. The molecule has 0 aliphatic carbocycles. The number of allylic oxidation sites excluding steroid dienone is 3. The molecular formula is C11H18O. The van der Waals surface area contributed by atoms with Gasteiger partial charge in [0, 0.05) is 0 Å². The molecule has 0 spiro atoms. The monoisotopic (exact) mass is 166 g/mol. The van der Waals surface area contributed by atoms with E-state index in [0.29, 0.717) is 11.5 Å². The first-order valence-electron chi connectivity index (χ1n) is 4.34. The second-order valence-electron chi connectivity index (χ2n) is 3.54. The first-order valence-corrected chi connectivity index (χ1v) is 4.34. The van der Waals surface area contributed by atoms with E-state index in [9.17, 15) is 4.79 Å². The van der Waals surface area contributed by atoms with Crippen molar-refractivity contribution in [1.82, 2.24) is 0 Å². The Kier molecular flexibility index (Phi) is 5.35. The van der Waals surface area contributed by atoms with Gasteiger partial charge in [-0.2, -0.15) is 0 Å². The predicted molar refractivity (Wildman–Crippen MR) is 53.0 cm³/mol. The Morgan fingerprint density at radius 1 is 1.50 bits per heavy atom. The maximum Gasteiger partial charge on any atom is 0.145 e. The third-order valence-electron chi connectivity index (χ3n) is 1.71. The summed E-state index contributed by atoms with van der Waals surface area (Å²) in [7, 11) is 0. The van der Waals surface area contributed by atoms with Gasteiger partial charge in [0.25, 0.3) is 0 Å². The fourth-order valence-corrected chi connectivity index (χ4v) is 1.12. The van der Waals surface area contributed by atoms with E-state index < -0.39 is 0 Å². The average Bonchev–Trinajstić information content (AvgIpc) is 1.99. The second kappa shape index (κ2) is 5.76. The number of rotatable bonds is 5. The van der Waals surface area contributed by atoms with Crippen LogP contribution in [0.1, 0.15) is 33.6 Å². The maximum atomic E-state index is 10.2. The topological polar surface area (TPSA) is 17.1 Å². The number of aldehydes is 1. The summed E-state index contributed by atoms with van der Waals surface area (Å²) in [6, 6.07) is 0. The molecule has 0 saturated carbocycles. The normalized spacial score (nSPS) is 11.9. The fraction of sp³-hybridized carbons (Fsp3) is 0.545. The van der Waals surface area contributed by atoms with Gasteiger partial charge in [-0.15, -0.1) is 0 Å². The fourth-order valence-electron chi connectivity index (χ4n) is 1.12. The molecule has 1 heteroatoms. The van der Waals surface area contributed by atoms with Crippen LogP contribution in [0.25, 0.3) is 0 Å². The summed E-state index contributed by atoms with van der Waals surface area (Å²) in [5.41, 5.74) is 2.03. The largest absolute Gasteiger partial charge is 0.298 e. The highest BCUT2D eigenvalue weighted by Gasteiger charge is 1.98. The van der Waals surface area contributed by atoms with Crippen molar-refractivity contribution in [2.24, 2.45) is 5.92 Å². The Bertz CT molecular complexity index is 185. The number of hydrogen-bond donors (Lipinski definition) is 0. The number of carbonyl (C=O) groups excluding carboxylic acids is 1. The van der Waals surface area contributed by atoms with Gasteiger partial charge in [-0.3, -0.25) is 4.79 Å². The van der Waals surface area contributed by atoms with E-state index in [0.717, 1.165) is 19.1 Å². The Morgan fingerprint density at radius 2 is 2.08 bits per heavy atom. The summed E-state index contributed by atoms with van der Waals surface area (Å²) in [6.07, 6.45) is 4.89. The van der Waals surface area contributed by atoms with Crippen molar-refractivity contribution in [3.8, 4) is 0 Å². The van der Waals surface area contributed by atoms with Gasteiger partial charge < -0.3 is 0 Å². The summed E-state index contributed by atoms with van der Waals surface area (Å²) in [4.78, 5) is 10.2. The van der Waals surface area contributed by atoms with Crippen LogP contribution in [0.3, 0.4) is 0 Å². The lowest BCUT2D eigenvalue weighted by Gasteiger charge is -2.05. The van der Waals surface area contributed by atoms with Crippen LogP contribution in [0.15, 0.2) is 23.8 Å². The molecular weight excluding hydrogens is 148 g/mol. The smallest absolute Gasteiger partial charge is 0.145 e. The number of carbonyl (C=O) groups is 1. The molecule has 1 nitrogen and oxygen atoms in total. The molecule has 0 rings (SSSR count). The van der Waals surface area contributed by atoms with Gasteiger partial charge in [0.05, 0.1) is 0 Å². The molecule has 0 heterocycles. The van der Waals surface area contributed by atoms with Crippen LogP contribution < -0.4 is 0 Å². The molecule has 0 aromatic heterocycles. The summed E-state index contributed by atoms with van der Waals surface area (Å²) in [5, 5.41) is 0. The van der Waals surface area contributed by atoms with Crippen LogP contribution in [0.4, 0.5) is 0 Å². The Hall–Kier alpha value is -0.850. The highest BCUT2D eigenvalue weighted by molar-refractivity contribution is 5.71. The van der Waals surface area contributed by atoms with Crippen molar-refractivity contribution in [3.63, 3.8) is 0 Å². The van der Waals surface area contributed by atoms with Gasteiger partial charge in [-0.25, -0.2) is 0 Å². The predicted octanol–water partition coefficient (Wildman–Crippen LogP) is 3.12. The molecule has 0 N–H and O–H groups in total. The minimum atomic E-state index is 0.548. The van der Waals surface area contributed by atoms with E-state index in [1.807, 2.05) is 0 Å². The molecule has 0 fully saturated rings. The molecule has 0 radical (unpaired) electrons. The standard InChI is InChI=1S/C11H18O/c1-9(2)7-10(3)5-6-11(4)8-12/h7-8,10H,4-6H2,1-3H3. The van der Waals surface area contributed by atoms with Crippen molar-refractivity contribution in [1.29, 1.82) is 0 Å². The van der Waals surface area contributed by atoms with E-state index >= 15 is 0 Å². The van der Waals surface area contributed by atoms with E-state index in [1.165, 1.54) is 5.57 Å². The highest BCUT2D eigenvalue weighted by atomic mass is 16.1. The van der Waals surface area contributed by atoms with Crippen LogP contribution in [-0.4, -0.2) is 6.29 Å². The van der Waals surface area contributed by atoms with E-state index in [1.54, 1.807) is 0 Å². The van der Waals surface area contributed by atoms with Crippen molar-refractivity contribution in [2.75, 3.05) is 0 Å². The minimum absolute atomic E-state index is 0.548. The lowest BCUT2D eigenvalue weighted by Crippen LogP contribution is -1.92. The third kappa shape index (κ3) is 5.90. The third-order valence-corrected chi connectivity index (χ3v) is 1.71. The summed E-state index contributed by atoms with van der Waals surface area (Å²) in [5.74, 6) is 0.548. The molecule has 0 aromatic carbocycles. The minimum Gasteiger partial charge on any atom is -0.298 e. The van der Waals surface area contributed by atoms with E-state index in [4.69, 9.17) is 0 Å². The molecule has 0 aliphatic heterocycles. The number of hydrogen-bond acceptors (Lipinski definition) is 1. The lowest BCUT2D eigenvalue weighted by atomic mass is 10.0. The van der Waals surface area contributed by atoms with Crippen LogP contribution >= 0.6 is 0 Å². The highest BCUT2D eigenvalue weighted by Crippen LogP contribution is 2.12. The molecule has 0 amide bonds. The molecule has 0 aromatic rings. The summed E-state index contributed by atoms with van der Waals surface area (Å²) < 4.78 is 0. The SMILES string of the molecule is C=C(C=O)CCC(C)C=C(C)C.